The minimum atomic E-state index is -1.00. The molecular weight excluding hydrogens is 388 g/mol. The van der Waals surface area contributed by atoms with Crippen molar-refractivity contribution in [1.82, 2.24) is 0 Å². The minimum Gasteiger partial charge on any atom is -0.463 e. The molecule has 0 fully saturated rings. The van der Waals surface area contributed by atoms with Gasteiger partial charge in [-0.2, -0.15) is 0 Å². The number of unbranched alkanes of at least 4 members (excludes halogenated alkanes) is 7. The Bertz CT molecular complexity index is 464. The number of aliphatic hydroxyl groups is 3. The Kier molecular flexibility index (Phi) is 18.6. The Balaban J connectivity index is 3.58. The van der Waals surface area contributed by atoms with E-state index in [-0.39, 0.29) is 25.6 Å². The van der Waals surface area contributed by atoms with Gasteiger partial charge in [-0.3, -0.25) is 9.59 Å². The summed E-state index contributed by atoms with van der Waals surface area (Å²) in [6.07, 6.45) is 11.9. The lowest BCUT2D eigenvalue weighted by Gasteiger charge is -2.16. The molecule has 0 heterocycles. The second kappa shape index (κ2) is 19.5. The first kappa shape index (κ1) is 28.6. The molecule has 0 aliphatic heterocycles. The summed E-state index contributed by atoms with van der Waals surface area (Å²) in [6, 6.07) is 0. The van der Waals surface area contributed by atoms with E-state index >= 15 is 0 Å². The number of hydrogen-bond donors (Lipinski definition) is 3. The quantitative estimate of drug-likeness (QED) is 0.163. The van der Waals surface area contributed by atoms with E-state index in [2.05, 4.69) is 17.7 Å². The number of allylic oxidation sites excluding steroid dienone is 1. The molecule has 30 heavy (non-hydrogen) atoms. The van der Waals surface area contributed by atoms with E-state index in [9.17, 15) is 24.9 Å². The Morgan fingerprint density at radius 2 is 1.50 bits per heavy atom. The molecule has 0 unspecified atom stereocenters. The van der Waals surface area contributed by atoms with Crippen LogP contribution in [0.3, 0.4) is 0 Å². The van der Waals surface area contributed by atoms with Crippen LogP contribution in [0.4, 0.5) is 0 Å². The zero-order valence-electron chi connectivity index (χ0n) is 18.8. The second-order valence-electron chi connectivity index (χ2n) is 7.78. The van der Waals surface area contributed by atoms with Gasteiger partial charge in [0.25, 0.3) is 0 Å². The maximum atomic E-state index is 11.6. The molecular formula is C23H42O7. The molecule has 176 valence electrons. The smallest absolute Gasteiger partial charge is 0.305 e. The first-order chi connectivity index (χ1) is 14.4. The Morgan fingerprint density at radius 1 is 0.833 bits per heavy atom. The van der Waals surface area contributed by atoms with Gasteiger partial charge in [-0.25, -0.2) is 0 Å². The van der Waals surface area contributed by atoms with Crippen molar-refractivity contribution in [3.8, 4) is 0 Å². The van der Waals surface area contributed by atoms with Crippen LogP contribution in [0.15, 0.2) is 12.2 Å². The molecule has 0 spiro atoms. The van der Waals surface area contributed by atoms with E-state index in [0.29, 0.717) is 19.3 Å². The van der Waals surface area contributed by atoms with Gasteiger partial charge in [0.2, 0.25) is 0 Å². The van der Waals surface area contributed by atoms with Gasteiger partial charge in [0.1, 0.15) is 19.3 Å². The summed E-state index contributed by atoms with van der Waals surface area (Å²) in [5, 5.41) is 29.5. The summed E-state index contributed by atoms with van der Waals surface area (Å²) >= 11 is 0. The third kappa shape index (κ3) is 18.6. The molecule has 7 heteroatoms. The maximum Gasteiger partial charge on any atom is 0.305 e. The first-order valence-electron chi connectivity index (χ1n) is 11.3. The number of esters is 2. The molecule has 0 rings (SSSR count). The van der Waals surface area contributed by atoms with Gasteiger partial charge in [-0.1, -0.05) is 57.6 Å². The van der Waals surface area contributed by atoms with Crippen molar-refractivity contribution in [3.63, 3.8) is 0 Å². The summed E-state index contributed by atoms with van der Waals surface area (Å²) in [5.41, 5.74) is 0. The van der Waals surface area contributed by atoms with Gasteiger partial charge in [-0.05, 0) is 32.1 Å². The fraction of sp³-hybridized carbons (Fsp3) is 0.826. The van der Waals surface area contributed by atoms with E-state index < -0.39 is 24.3 Å². The van der Waals surface area contributed by atoms with Crippen LogP contribution < -0.4 is 0 Å². The van der Waals surface area contributed by atoms with E-state index in [4.69, 9.17) is 4.74 Å². The third-order valence-corrected chi connectivity index (χ3v) is 4.76. The maximum absolute atomic E-state index is 11.6. The van der Waals surface area contributed by atoms with E-state index in [1.165, 1.54) is 26.2 Å². The molecule has 0 aliphatic carbocycles. The summed E-state index contributed by atoms with van der Waals surface area (Å²) in [6.45, 7) is 3.05. The first-order valence-corrected chi connectivity index (χ1v) is 11.3. The molecule has 0 aromatic rings. The lowest BCUT2D eigenvalue weighted by atomic mass is 10.0. The predicted octanol–water partition coefficient (Wildman–Crippen LogP) is 3.43. The average Bonchev–Trinajstić information content (AvgIpc) is 2.72. The molecule has 7 nitrogen and oxygen atoms in total. The van der Waals surface area contributed by atoms with Crippen molar-refractivity contribution in [1.29, 1.82) is 0 Å². The SMILES string of the molecule is CCCCC/C=C\C[C@@H](O)[C@H](O)CCCCCCCC(=O)OC[C@H](O)COC(C)=O. The molecule has 0 saturated heterocycles. The van der Waals surface area contributed by atoms with E-state index in [1.54, 1.807) is 0 Å². The zero-order valence-corrected chi connectivity index (χ0v) is 18.8. The van der Waals surface area contributed by atoms with Crippen LogP contribution in [0.25, 0.3) is 0 Å². The van der Waals surface area contributed by atoms with E-state index in [1.807, 2.05) is 6.08 Å². The standard InChI is InChI=1S/C23H42O7/c1-3-4-5-6-8-11-14-21(26)22(27)15-12-9-7-10-13-16-23(28)30-18-20(25)17-29-19(2)24/h8,11,20-22,25-27H,3-7,9-10,12-18H2,1-2H3/b11-8-/t20-,21-,22-/m1/s1. The largest absolute Gasteiger partial charge is 0.463 e. The van der Waals surface area contributed by atoms with Crippen molar-refractivity contribution in [2.45, 2.75) is 109 Å². The molecule has 3 atom stereocenters. The highest BCUT2D eigenvalue weighted by atomic mass is 16.6. The second-order valence-corrected chi connectivity index (χ2v) is 7.78. The van der Waals surface area contributed by atoms with Gasteiger partial charge in [0.05, 0.1) is 12.2 Å². The number of aliphatic hydroxyl groups excluding tert-OH is 3. The van der Waals surface area contributed by atoms with Gasteiger partial charge in [0, 0.05) is 13.3 Å². The van der Waals surface area contributed by atoms with Crippen molar-refractivity contribution in [3.05, 3.63) is 12.2 Å². The lowest BCUT2D eigenvalue weighted by Crippen LogP contribution is -2.25. The number of ether oxygens (including phenoxy) is 2. The van der Waals surface area contributed by atoms with Crippen LogP contribution in [0.1, 0.15) is 90.9 Å². The van der Waals surface area contributed by atoms with Crippen molar-refractivity contribution in [2.24, 2.45) is 0 Å². The Labute approximate surface area is 181 Å². The zero-order chi connectivity index (χ0) is 22.6. The molecule has 0 bridgehead atoms. The van der Waals surface area contributed by atoms with Gasteiger partial charge < -0.3 is 24.8 Å². The van der Waals surface area contributed by atoms with Crippen molar-refractivity contribution in [2.75, 3.05) is 13.2 Å². The third-order valence-electron chi connectivity index (χ3n) is 4.76. The molecule has 0 amide bonds. The van der Waals surface area contributed by atoms with Crippen molar-refractivity contribution < 1.29 is 34.4 Å². The molecule has 0 saturated carbocycles. The van der Waals surface area contributed by atoms with Crippen LogP contribution in [0, 0.1) is 0 Å². The summed E-state index contributed by atoms with van der Waals surface area (Å²) in [5.74, 6) is -0.866. The number of hydrogen-bond acceptors (Lipinski definition) is 7. The van der Waals surface area contributed by atoms with E-state index in [0.717, 1.165) is 32.1 Å². The molecule has 3 N–H and O–H groups in total. The summed E-state index contributed by atoms with van der Waals surface area (Å²) < 4.78 is 9.56. The Hall–Kier alpha value is -1.44. The van der Waals surface area contributed by atoms with Crippen molar-refractivity contribution >= 4 is 11.9 Å². The molecule has 0 aromatic carbocycles. The van der Waals surface area contributed by atoms with Crippen LogP contribution in [0.5, 0.6) is 0 Å². The topological polar surface area (TPSA) is 113 Å². The predicted molar refractivity (Wildman–Crippen MR) is 116 cm³/mol. The highest BCUT2D eigenvalue weighted by molar-refractivity contribution is 5.69. The monoisotopic (exact) mass is 430 g/mol. The molecule has 0 aliphatic rings. The fourth-order valence-corrected chi connectivity index (χ4v) is 2.89. The Morgan fingerprint density at radius 3 is 2.20 bits per heavy atom. The average molecular weight is 431 g/mol. The molecule has 0 aromatic heterocycles. The van der Waals surface area contributed by atoms with Crippen LogP contribution >= 0.6 is 0 Å². The normalized spacial score (nSPS) is 14.4. The van der Waals surface area contributed by atoms with Crippen LogP contribution in [-0.2, 0) is 19.1 Å². The highest BCUT2D eigenvalue weighted by Crippen LogP contribution is 2.13. The number of carbonyl (C=O) groups is 2. The highest BCUT2D eigenvalue weighted by Gasteiger charge is 2.14. The van der Waals surface area contributed by atoms with Crippen LogP contribution in [0.2, 0.25) is 0 Å². The number of rotatable bonds is 19. The molecule has 0 radical (unpaired) electrons. The van der Waals surface area contributed by atoms with Gasteiger partial charge in [-0.15, -0.1) is 0 Å². The fourth-order valence-electron chi connectivity index (χ4n) is 2.89. The van der Waals surface area contributed by atoms with Gasteiger partial charge >= 0.3 is 11.9 Å². The van der Waals surface area contributed by atoms with Gasteiger partial charge in [0.15, 0.2) is 0 Å². The summed E-state index contributed by atoms with van der Waals surface area (Å²) in [7, 11) is 0. The number of carbonyl (C=O) groups excluding carboxylic acids is 2. The minimum absolute atomic E-state index is 0.180. The lowest BCUT2D eigenvalue weighted by molar-refractivity contribution is -0.151. The van der Waals surface area contributed by atoms with Crippen LogP contribution in [-0.4, -0.2) is 58.8 Å². The summed E-state index contributed by atoms with van der Waals surface area (Å²) in [4.78, 5) is 22.2.